The molecule has 0 saturated heterocycles. The number of amides is 1. The zero-order valence-electron chi connectivity index (χ0n) is 13.2. The minimum atomic E-state index is -0.577. The lowest BCUT2D eigenvalue weighted by Crippen LogP contribution is -2.30. The molecule has 0 saturated carbocycles. The molecule has 0 fully saturated rings. The number of rotatable bonds is 8. The highest BCUT2D eigenvalue weighted by atomic mass is 16.5. The van der Waals surface area contributed by atoms with E-state index in [1.54, 1.807) is 25.1 Å². The van der Waals surface area contributed by atoms with Crippen LogP contribution < -0.4 is 14.8 Å². The third kappa shape index (κ3) is 6.04. The molecule has 5 heteroatoms. The van der Waals surface area contributed by atoms with E-state index < -0.39 is 6.10 Å². The molecule has 0 radical (unpaired) electrons. The van der Waals surface area contributed by atoms with E-state index in [0.717, 1.165) is 12.0 Å². The SMILES string of the molecule is COc1cc([C@@H](C)O)ccc1OCC(=O)NCCC(C)C. The molecule has 0 unspecified atom stereocenters. The van der Waals surface area contributed by atoms with Crippen LogP contribution in [0.1, 0.15) is 38.9 Å². The molecule has 1 aromatic carbocycles. The number of ether oxygens (including phenoxy) is 2. The maximum absolute atomic E-state index is 11.7. The number of hydrogen-bond donors (Lipinski definition) is 2. The van der Waals surface area contributed by atoms with E-state index in [0.29, 0.717) is 24.0 Å². The first-order valence-electron chi connectivity index (χ1n) is 7.19. The highest BCUT2D eigenvalue weighted by Gasteiger charge is 2.10. The predicted octanol–water partition coefficient (Wildman–Crippen LogP) is 2.29. The van der Waals surface area contributed by atoms with Crippen LogP contribution in [-0.2, 0) is 4.79 Å². The third-order valence-electron chi connectivity index (χ3n) is 3.07. The fourth-order valence-corrected chi connectivity index (χ4v) is 1.76. The van der Waals surface area contributed by atoms with E-state index in [1.807, 2.05) is 0 Å². The first-order chi connectivity index (χ1) is 9.93. The van der Waals surface area contributed by atoms with Crippen LogP contribution in [0.2, 0.25) is 0 Å². The van der Waals surface area contributed by atoms with E-state index in [1.165, 1.54) is 7.11 Å². The van der Waals surface area contributed by atoms with Crippen LogP contribution in [0.15, 0.2) is 18.2 Å². The highest BCUT2D eigenvalue weighted by Crippen LogP contribution is 2.30. The summed E-state index contributed by atoms with van der Waals surface area (Å²) >= 11 is 0. The number of aliphatic hydroxyl groups is 1. The van der Waals surface area contributed by atoms with Crippen LogP contribution in [0.5, 0.6) is 11.5 Å². The molecule has 0 spiro atoms. The number of hydrogen-bond acceptors (Lipinski definition) is 4. The summed E-state index contributed by atoms with van der Waals surface area (Å²) in [7, 11) is 1.52. The van der Waals surface area contributed by atoms with Gasteiger partial charge in [0.1, 0.15) is 0 Å². The average Bonchev–Trinajstić information content (AvgIpc) is 2.44. The molecule has 0 aliphatic heterocycles. The standard InChI is InChI=1S/C16H25NO4/c1-11(2)7-8-17-16(19)10-21-14-6-5-13(12(3)18)9-15(14)20-4/h5-6,9,11-12,18H,7-8,10H2,1-4H3,(H,17,19)/t12-/m1/s1. The van der Waals surface area contributed by atoms with Crippen LogP contribution in [0.25, 0.3) is 0 Å². The fraction of sp³-hybridized carbons (Fsp3) is 0.562. The monoisotopic (exact) mass is 295 g/mol. The van der Waals surface area contributed by atoms with Crippen molar-refractivity contribution in [3.8, 4) is 11.5 Å². The zero-order chi connectivity index (χ0) is 15.8. The Bertz CT molecular complexity index is 458. The van der Waals surface area contributed by atoms with E-state index in [9.17, 15) is 9.90 Å². The molecule has 0 bridgehead atoms. The van der Waals surface area contributed by atoms with Gasteiger partial charge in [0.05, 0.1) is 13.2 Å². The van der Waals surface area contributed by atoms with Gasteiger partial charge in [-0.25, -0.2) is 0 Å². The summed E-state index contributed by atoms with van der Waals surface area (Å²) in [5, 5.41) is 12.3. The number of benzene rings is 1. The van der Waals surface area contributed by atoms with Gasteiger partial charge in [-0.05, 0) is 37.0 Å². The topological polar surface area (TPSA) is 67.8 Å². The molecule has 1 amide bonds. The summed E-state index contributed by atoms with van der Waals surface area (Å²) in [4.78, 5) is 11.7. The lowest BCUT2D eigenvalue weighted by atomic mass is 10.1. The van der Waals surface area contributed by atoms with Gasteiger partial charge in [0, 0.05) is 6.54 Å². The van der Waals surface area contributed by atoms with Crippen molar-refractivity contribution >= 4 is 5.91 Å². The van der Waals surface area contributed by atoms with Crippen molar-refractivity contribution in [3.05, 3.63) is 23.8 Å². The van der Waals surface area contributed by atoms with Crippen molar-refractivity contribution in [2.24, 2.45) is 5.92 Å². The Labute approximate surface area is 126 Å². The van der Waals surface area contributed by atoms with Crippen molar-refractivity contribution in [1.82, 2.24) is 5.32 Å². The number of methoxy groups -OCH3 is 1. The van der Waals surface area contributed by atoms with E-state index in [-0.39, 0.29) is 12.5 Å². The number of nitrogens with one attached hydrogen (secondary N) is 1. The Kier molecular flexibility index (Phi) is 7.02. The molecule has 2 N–H and O–H groups in total. The first-order valence-corrected chi connectivity index (χ1v) is 7.19. The molecule has 1 atom stereocenters. The molecule has 0 aliphatic rings. The van der Waals surface area contributed by atoms with Gasteiger partial charge in [0.15, 0.2) is 18.1 Å². The third-order valence-corrected chi connectivity index (χ3v) is 3.07. The molecule has 118 valence electrons. The smallest absolute Gasteiger partial charge is 0.257 e. The largest absolute Gasteiger partial charge is 0.493 e. The van der Waals surface area contributed by atoms with Crippen LogP contribution >= 0.6 is 0 Å². The molecule has 1 rings (SSSR count). The second kappa shape index (κ2) is 8.52. The quantitative estimate of drug-likeness (QED) is 0.772. The van der Waals surface area contributed by atoms with Gasteiger partial charge in [-0.3, -0.25) is 4.79 Å². The molecule has 1 aromatic rings. The van der Waals surface area contributed by atoms with Crippen molar-refractivity contribution in [2.45, 2.75) is 33.3 Å². The summed E-state index contributed by atoms with van der Waals surface area (Å²) in [5.74, 6) is 1.39. The molecule has 21 heavy (non-hydrogen) atoms. The minimum absolute atomic E-state index is 0.0531. The van der Waals surface area contributed by atoms with Crippen LogP contribution in [0.3, 0.4) is 0 Å². The molecule has 0 aromatic heterocycles. The van der Waals surface area contributed by atoms with Crippen LogP contribution in [-0.4, -0.2) is 31.3 Å². The second-order valence-electron chi connectivity index (χ2n) is 5.41. The van der Waals surface area contributed by atoms with E-state index in [4.69, 9.17) is 9.47 Å². The normalized spacial score (nSPS) is 12.1. The Balaban J connectivity index is 2.53. The van der Waals surface area contributed by atoms with Gasteiger partial charge in [0.25, 0.3) is 5.91 Å². The molecule has 0 aliphatic carbocycles. The van der Waals surface area contributed by atoms with Gasteiger partial charge in [-0.15, -0.1) is 0 Å². The van der Waals surface area contributed by atoms with Gasteiger partial charge in [-0.1, -0.05) is 19.9 Å². The fourth-order valence-electron chi connectivity index (χ4n) is 1.76. The number of carbonyl (C=O) groups excluding carboxylic acids is 1. The van der Waals surface area contributed by atoms with Gasteiger partial charge in [-0.2, -0.15) is 0 Å². The molecular formula is C16H25NO4. The van der Waals surface area contributed by atoms with Crippen LogP contribution in [0, 0.1) is 5.92 Å². The van der Waals surface area contributed by atoms with E-state index >= 15 is 0 Å². The second-order valence-corrected chi connectivity index (χ2v) is 5.41. The van der Waals surface area contributed by atoms with Gasteiger partial charge < -0.3 is 19.9 Å². The summed E-state index contributed by atoms with van der Waals surface area (Å²) in [6.07, 6.45) is 0.366. The average molecular weight is 295 g/mol. The maximum atomic E-state index is 11.7. The lowest BCUT2D eigenvalue weighted by Gasteiger charge is -2.13. The molecular weight excluding hydrogens is 270 g/mol. The van der Waals surface area contributed by atoms with Crippen LogP contribution in [0.4, 0.5) is 0 Å². The Hall–Kier alpha value is -1.75. The number of aliphatic hydroxyl groups excluding tert-OH is 1. The first kappa shape index (κ1) is 17.3. The zero-order valence-corrected chi connectivity index (χ0v) is 13.2. The Morgan fingerprint density at radius 1 is 1.29 bits per heavy atom. The van der Waals surface area contributed by atoms with Crippen molar-refractivity contribution in [3.63, 3.8) is 0 Å². The lowest BCUT2D eigenvalue weighted by molar-refractivity contribution is -0.123. The summed E-state index contributed by atoms with van der Waals surface area (Å²) < 4.78 is 10.7. The van der Waals surface area contributed by atoms with Crippen molar-refractivity contribution in [1.29, 1.82) is 0 Å². The Morgan fingerprint density at radius 2 is 2.00 bits per heavy atom. The molecule has 0 heterocycles. The maximum Gasteiger partial charge on any atom is 0.257 e. The van der Waals surface area contributed by atoms with E-state index in [2.05, 4.69) is 19.2 Å². The summed E-state index contributed by atoms with van der Waals surface area (Å²) in [6, 6.07) is 5.15. The van der Waals surface area contributed by atoms with Gasteiger partial charge >= 0.3 is 0 Å². The Morgan fingerprint density at radius 3 is 2.57 bits per heavy atom. The minimum Gasteiger partial charge on any atom is -0.493 e. The predicted molar refractivity (Wildman–Crippen MR) is 81.6 cm³/mol. The van der Waals surface area contributed by atoms with Gasteiger partial charge in [0.2, 0.25) is 0 Å². The summed E-state index contributed by atoms with van der Waals surface area (Å²) in [5.41, 5.74) is 0.737. The van der Waals surface area contributed by atoms with Crippen molar-refractivity contribution in [2.75, 3.05) is 20.3 Å². The molecule has 5 nitrogen and oxygen atoms in total. The number of carbonyl (C=O) groups is 1. The van der Waals surface area contributed by atoms with Crippen molar-refractivity contribution < 1.29 is 19.4 Å². The summed E-state index contributed by atoms with van der Waals surface area (Å²) in [6.45, 7) is 6.49. The highest BCUT2D eigenvalue weighted by molar-refractivity contribution is 5.77.